The summed E-state index contributed by atoms with van der Waals surface area (Å²) in [5.74, 6) is 0.362. The maximum atomic E-state index is 11.8. The summed E-state index contributed by atoms with van der Waals surface area (Å²) in [4.78, 5) is 0. The van der Waals surface area contributed by atoms with Crippen molar-refractivity contribution >= 4 is 9.84 Å². The molecule has 0 spiro atoms. The molecule has 1 aromatic carbocycles. The van der Waals surface area contributed by atoms with Gasteiger partial charge in [0.1, 0.15) is 0 Å². The highest BCUT2D eigenvalue weighted by Gasteiger charge is 2.20. The van der Waals surface area contributed by atoms with Crippen LogP contribution in [0.15, 0.2) is 18.2 Å². The Morgan fingerprint density at radius 1 is 1.22 bits per heavy atom. The Labute approximate surface area is 111 Å². The fourth-order valence-electron chi connectivity index (χ4n) is 2.01. The molecule has 1 atom stereocenters. The van der Waals surface area contributed by atoms with Crippen molar-refractivity contribution in [2.45, 2.75) is 33.7 Å². The summed E-state index contributed by atoms with van der Waals surface area (Å²) in [6, 6.07) is 6.07. The topological polar surface area (TPSA) is 46.2 Å². The van der Waals surface area contributed by atoms with Crippen molar-refractivity contribution in [1.82, 2.24) is 5.32 Å². The number of sulfone groups is 1. The van der Waals surface area contributed by atoms with Gasteiger partial charge in [0.25, 0.3) is 0 Å². The van der Waals surface area contributed by atoms with Crippen molar-refractivity contribution in [3.63, 3.8) is 0 Å². The van der Waals surface area contributed by atoms with Gasteiger partial charge >= 0.3 is 0 Å². The molecule has 1 unspecified atom stereocenters. The smallest absolute Gasteiger partial charge is 0.151 e. The van der Waals surface area contributed by atoms with Crippen molar-refractivity contribution in [2.24, 2.45) is 0 Å². The van der Waals surface area contributed by atoms with E-state index in [0.717, 1.165) is 23.2 Å². The summed E-state index contributed by atoms with van der Waals surface area (Å²) >= 11 is 0. The Bertz CT molecular complexity index is 495. The van der Waals surface area contributed by atoms with Crippen LogP contribution < -0.4 is 5.32 Å². The van der Waals surface area contributed by atoms with Gasteiger partial charge in [0.2, 0.25) is 0 Å². The van der Waals surface area contributed by atoms with Gasteiger partial charge in [-0.05, 0) is 31.5 Å². The summed E-state index contributed by atoms with van der Waals surface area (Å²) in [5, 5.41) is 3.28. The molecule has 0 saturated heterocycles. The number of hydrogen-bond acceptors (Lipinski definition) is 3. The first-order chi connectivity index (χ1) is 8.39. The van der Waals surface area contributed by atoms with E-state index in [9.17, 15) is 8.42 Å². The van der Waals surface area contributed by atoms with Crippen LogP contribution in [0.5, 0.6) is 0 Å². The van der Waals surface area contributed by atoms with Crippen molar-refractivity contribution in [2.75, 3.05) is 18.1 Å². The molecule has 0 aliphatic heterocycles. The molecule has 1 N–H and O–H groups in total. The second-order valence-corrected chi connectivity index (χ2v) is 7.07. The molecule has 0 radical (unpaired) electrons. The molecule has 0 amide bonds. The summed E-state index contributed by atoms with van der Waals surface area (Å²) in [5.41, 5.74) is 3.39. The molecule has 0 aliphatic rings. The Morgan fingerprint density at radius 2 is 1.89 bits per heavy atom. The Balaban J connectivity index is 3.08. The van der Waals surface area contributed by atoms with Crippen LogP contribution in [0.1, 0.15) is 36.6 Å². The van der Waals surface area contributed by atoms with Gasteiger partial charge in [-0.2, -0.15) is 0 Å². The highest BCUT2D eigenvalue weighted by molar-refractivity contribution is 7.91. The fraction of sp³-hybridized carbons (Fsp3) is 0.571. The molecule has 3 nitrogen and oxygen atoms in total. The van der Waals surface area contributed by atoms with Gasteiger partial charge in [-0.15, -0.1) is 0 Å². The third-order valence-electron chi connectivity index (χ3n) is 3.12. The van der Waals surface area contributed by atoms with E-state index in [4.69, 9.17) is 0 Å². The van der Waals surface area contributed by atoms with Gasteiger partial charge in [0, 0.05) is 11.8 Å². The van der Waals surface area contributed by atoms with E-state index in [2.05, 4.69) is 17.4 Å². The normalized spacial score (nSPS) is 13.6. The molecular formula is C14H23NO2S. The number of benzene rings is 1. The summed E-state index contributed by atoms with van der Waals surface area (Å²) in [6.45, 7) is 8.51. The zero-order chi connectivity index (χ0) is 13.8. The minimum atomic E-state index is -2.98. The second-order valence-electron chi connectivity index (χ2n) is 4.67. The molecule has 0 fully saturated rings. The zero-order valence-corrected chi connectivity index (χ0v) is 12.5. The fourth-order valence-corrected chi connectivity index (χ4v) is 3.05. The van der Waals surface area contributed by atoms with Crippen LogP contribution in [-0.2, 0) is 9.84 Å². The number of nitrogens with one attached hydrogen (secondary N) is 1. The highest BCUT2D eigenvalue weighted by Crippen LogP contribution is 2.21. The summed E-state index contributed by atoms with van der Waals surface area (Å²) in [6.07, 6.45) is 0. The van der Waals surface area contributed by atoms with Crippen LogP contribution in [0.3, 0.4) is 0 Å². The standard InChI is InChI=1S/C14H23NO2S/c1-5-15-14(10-18(16,17)6-2)13-9-11(3)7-8-12(13)4/h7-9,14-15H,5-6,10H2,1-4H3. The average Bonchev–Trinajstić information content (AvgIpc) is 2.31. The average molecular weight is 269 g/mol. The van der Waals surface area contributed by atoms with Crippen molar-refractivity contribution in [3.8, 4) is 0 Å². The van der Waals surface area contributed by atoms with Crippen LogP contribution in [0.25, 0.3) is 0 Å². The lowest BCUT2D eigenvalue weighted by molar-refractivity contribution is 0.558. The second kappa shape index (κ2) is 6.34. The van der Waals surface area contributed by atoms with Crippen LogP contribution in [0, 0.1) is 13.8 Å². The first-order valence-electron chi connectivity index (χ1n) is 6.40. The van der Waals surface area contributed by atoms with Crippen molar-refractivity contribution < 1.29 is 8.42 Å². The lowest BCUT2D eigenvalue weighted by Crippen LogP contribution is -2.29. The summed E-state index contributed by atoms with van der Waals surface area (Å²) in [7, 11) is -2.98. The molecule has 0 aromatic heterocycles. The van der Waals surface area contributed by atoms with E-state index in [1.54, 1.807) is 6.92 Å². The number of aryl methyl sites for hydroxylation is 2. The number of hydrogen-bond donors (Lipinski definition) is 1. The van der Waals surface area contributed by atoms with Crippen LogP contribution in [0.2, 0.25) is 0 Å². The molecule has 1 aromatic rings. The monoisotopic (exact) mass is 269 g/mol. The van der Waals surface area contributed by atoms with Gasteiger partial charge in [0.15, 0.2) is 9.84 Å². The van der Waals surface area contributed by atoms with Crippen molar-refractivity contribution in [1.29, 1.82) is 0 Å². The van der Waals surface area contributed by atoms with Gasteiger partial charge in [0.05, 0.1) is 5.75 Å². The number of rotatable bonds is 6. The maximum Gasteiger partial charge on any atom is 0.151 e. The van der Waals surface area contributed by atoms with E-state index in [0.29, 0.717) is 0 Å². The van der Waals surface area contributed by atoms with E-state index >= 15 is 0 Å². The molecule has 0 heterocycles. The Kier molecular flexibility index (Phi) is 5.35. The van der Waals surface area contributed by atoms with Gasteiger partial charge in [-0.1, -0.05) is 37.6 Å². The lowest BCUT2D eigenvalue weighted by Gasteiger charge is -2.20. The van der Waals surface area contributed by atoms with Crippen LogP contribution in [0.4, 0.5) is 0 Å². The minimum Gasteiger partial charge on any atom is -0.309 e. The van der Waals surface area contributed by atoms with Gasteiger partial charge in [-0.3, -0.25) is 0 Å². The van der Waals surface area contributed by atoms with Crippen LogP contribution >= 0.6 is 0 Å². The molecule has 1 rings (SSSR count). The quantitative estimate of drug-likeness (QED) is 0.862. The Hall–Kier alpha value is -0.870. The zero-order valence-electron chi connectivity index (χ0n) is 11.7. The predicted octanol–water partition coefficient (Wildman–Crippen LogP) is 2.39. The van der Waals surface area contributed by atoms with Gasteiger partial charge < -0.3 is 5.32 Å². The van der Waals surface area contributed by atoms with E-state index in [1.165, 1.54) is 0 Å². The third-order valence-corrected chi connectivity index (χ3v) is 4.84. The molecule has 0 aliphatic carbocycles. The molecule has 0 bridgehead atoms. The first-order valence-corrected chi connectivity index (χ1v) is 8.22. The minimum absolute atomic E-state index is 0.111. The molecule has 102 valence electrons. The first kappa shape index (κ1) is 15.2. The lowest BCUT2D eigenvalue weighted by atomic mass is 10.00. The molecule has 18 heavy (non-hydrogen) atoms. The van der Waals surface area contributed by atoms with E-state index < -0.39 is 9.84 Å². The SMILES string of the molecule is CCNC(CS(=O)(=O)CC)c1cc(C)ccc1C. The molecule has 0 saturated carbocycles. The molecule has 4 heteroatoms. The Morgan fingerprint density at radius 3 is 2.44 bits per heavy atom. The molecular weight excluding hydrogens is 246 g/mol. The van der Waals surface area contributed by atoms with E-state index in [-0.39, 0.29) is 17.5 Å². The van der Waals surface area contributed by atoms with Crippen molar-refractivity contribution in [3.05, 3.63) is 34.9 Å². The predicted molar refractivity (Wildman–Crippen MR) is 76.7 cm³/mol. The van der Waals surface area contributed by atoms with Crippen LogP contribution in [-0.4, -0.2) is 26.5 Å². The van der Waals surface area contributed by atoms with Gasteiger partial charge in [-0.25, -0.2) is 8.42 Å². The van der Waals surface area contributed by atoms with E-state index in [1.807, 2.05) is 26.8 Å². The largest absolute Gasteiger partial charge is 0.309 e. The maximum absolute atomic E-state index is 11.8. The highest BCUT2D eigenvalue weighted by atomic mass is 32.2. The summed E-state index contributed by atoms with van der Waals surface area (Å²) < 4.78 is 23.6. The third kappa shape index (κ3) is 4.10.